The van der Waals surface area contributed by atoms with Gasteiger partial charge in [0, 0.05) is 32.0 Å². The predicted octanol–water partition coefficient (Wildman–Crippen LogP) is 1.44. The summed E-state index contributed by atoms with van der Waals surface area (Å²) < 4.78 is 0. The Labute approximate surface area is 132 Å². The van der Waals surface area contributed by atoms with Crippen LogP contribution in [0.5, 0.6) is 0 Å². The van der Waals surface area contributed by atoms with Crippen LogP contribution in [0.3, 0.4) is 0 Å². The van der Waals surface area contributed by atoms with Crippen LogP contribution in [0.1, 0.15) is 31.7 Å². The lowest BCUT2D eigenvalue weighted by atomic mass is 10.1. The highest BCUT2D eigenvalue weighted by atomic mass is 35.5. The van der Waals surface area contributed by atoms with E-state index in [2.05, 4.69) is 0 Å². The van der Waals surface area contributed by atoms with Gasteiger partial charge in [0.05, 0.1) is 0 Å². The smallest absolute Gasteiger partial charge is 0.222 e. The van der Waals surface area contributed by atoms with Gasteiger partial charge in [0.15, 0.2) is 0 Å². The minimum absolute atomic E-state index is 0. The third kappa shape index (κ3) is 8.32. The van der Waals surface area contributed by atoms with Crippen molar-refractivity contribution in [3.05, 3.63) is 35.9 Å². The molecule has 0 aliphatic heterocycles. The average Bonchev–Trinajstić information content (AvgIpc) is 2.41. The molecule has 6 heteroatoms. The number of nitrogens with two attached hydrogens (primary N) is 2. The second-order valence-electron chi connectivity index (χ2n) is 5.03. The van der Waals surface area contributed by atoms with E-state index in [9.17, 15) is 9.59 Å². The molecular formula is C15H24ClN3O2. The predicted molar refractivity (Wildman–Crippen MR) is 85.8 cm³/mol. The number of primary amides is 1. The molecule has 0 fully saturated rings. The third-order valence-electron chi connectivity index (χ3n) is 3.01. The van der Waals surface area contributed by atoms with Gasteiger partial charge in [-0.05, 0) is 18.9 Å². The van der Waals surface area contributed by atoms with Gasteiger partial charge in [0.25, 0.3) is 0 Å². The highest BCUT2D eigenvalue weighted by Crippen LogP contribution is 2.08. The second kappa shape index (κ2) is 10.2. The molecule has 0 aliphatic carbocycles. The van der Waals surface area contributed by atoms with E-state index in [0.717, 1.165) is 5.56 Å². The van der Waals surface area contributed by atoms with E-state index in [0.29, 0.717) is 25.9 Å². The average molecular weight is 314 g/mol. The lowest BCUT2D eigenvalue weighted by Gasteiger charge is -2.23. The van der Waals surface area contributed by atoms with Gasteiger partial charge in [-0.15, -0.1) is 12.4 Å². The molecule has 1 atom stereocenters. The molecule has 0 bridgehead atoms. The molecule has 1 aromatic rings. The monoisotopic (exact) mass is 313 g/mol. The lowest BCUT2D eigenvalue weighted by Crippen LogP contribution is -2.34. The molecule has 1 aromatic carbocycles. The molecule has 5 nitrogen and oxygen atoms in total. The number of amides is 2. The van der Waals surface area contributed by atoms with E-state index in [1.165, 1.54) is 0 Å². The van der Waals surface area contributed by atoms with Crippen molar-refractivity contribution in [2.45, 2.75) is 38.8 Å². The number of carbonyl (C=O) groups excluding carboxylic acids is 2. The van der Waals surface area contributed by atoms with Gasteiger partial charge in [-0.3, -0.25) is 9.59 Å². The Hall–Kier alpha value is -1.59. The Morgan fingerprint density at radius 2 is 1.81 bits per heavy atom. The number of rotatable bonds is 8. The Morgan fingerprint density at radius 1 is 1.19 bits per heavy atom. The maximum absolute atomic E-state index is 12.2. The summed E-state index contributed by atoms with van der Waals surface area (Å²) >= 11 is 0. The van der Waals surface area contributed by atoms with Crippen molar-refractivity contribution in [2.24, 2.45) is 11.5 Å². The van der Waals surface area contributed by atoms with Crippen LogP contribution in [0.2, 0.25) is 0 Å². The van der Waals surface area contributed by atoms with Crippen LogP contribution in [0.15, 0.2) is 30.3 Å². The summed E-state index contributed by atoms with van der Waals surface area (Å²) in [4.78, 5) is 24.8. The van der Waals surface area contributed by atoms with Crippen LogP contribution in [-0.2, 0) is 16.1 Å². The maximum atomic E-state index is 12.2. The molecule has 0 aromatic heterocycles. The summed E-state index contributed by atoms with van der Waals surface area (Å²) in [5.41, 5.74) is 11.9. The first-order chi connectivity index (χ1) is 9.49. The fourth-order valence-corrected chi connectivity index (χ4v) is 1.85. The molecule has 0 spiro atoms. The highest BCUT2D eigenvalue weighted by molar-refractivity contribution is 5.85. The summed E-state index contributed by atoms with van der Waals surface area (Å²) in [5.74, 6) is -0.393. The molecular weight excluding hydrogens is 290 g/mol. The van der Waals surface area contributed by atoms with Crippen molar-refractivity contribution in [1.82, 2.24) is 4.90 Å². The first-order valence-corrected chi connectivity index (χ1v) is 6.84. The zero-order valence-electron chi connectivity index (χ0n) is 12.3. The molecule has 0 saturated carbocycles. The fourth-order valence-electron chi connectivity index (χ4n) is 1.85. The number of carbonyl (C=O) groups is 2. The molecule has 0 radical (unpaired) electrons. The number of halogens is 1. The van der Waals surface area contributed by atoms with Gasteiger partial charge in [-0.1, -0.05) is 30.3 Å². The minimum atomic E-state index is -0.400. The fraction of sp³-hybridized carbons (Fsp3) is 0.467. The Balaban J connectivity index is 0.00000400. The Morgan fingerprint density at radius 3 is 2.33 bits per heavy atom. The van der Waals surface area contributed by atoms with Crippen molar-refractivity contribution in [2.75, 3.05) is 6.54 Å². The van der Waals surface area contributed by atoms with Crippen LogP contribution in [-0.4, -0.2) is 29.3 Å². The van der Waals surface area contributed by atoms with E-state index in [1.54, 1.807) is 4.90 Å². The van der Waals surface area contributed by atoms with E-state index < -0.39 is 5.91 Å². The standard InChI is InChI=1S/C15H23N3O2.ClH/c1-12(16)7-8-15(20)18(10-9-14(17)19)11-13-5-3-2-4-6-13;/h2-6,12H,7-11,16H2,1H3,(H2,17,19);1H. The number of hydrogen-bond donors (Lipinski definition) is 2. The minimum Gasteiger partial charge on any atom is -0.370 e. The lowest BCUT2D eigenvalue weighted by molar-refractivity contribution is -0.132. The first kappa shape index (κ1) is 19.4. The molecule has 1 rings (SSSR count). The van der Waals surface area contributed by atoms with Gasteiger partial charge >= 0.3 is 0 Å². The number of nitrogens with zero attached hydrogens (tertiary/aromatic N) is 1. The van der Waals surface area contributed by atoms with Gasteiger partial charge in [0.2, 0.25) is 11.8 Å². The Kier molecular flexibility index (Phi) is 9.41. The quantitative estimate of drug-likeness (QED) is 0.761. The van der Waals surface area contributed by atoms with E-state index >= 15 is 0 Å². The molecule has 21 heavy (non-hydrogen) atoms. The van der Waals surface area contributed by atoms with Crippen LogP contribution in [0.4, 0.5) is 0 Å². The van der Waals surface area contributed by atoms with Gasteiger partial charge in [0.1, 0.15) is 0 Å². The summed E-state index contributed by atoms with van der Waals surface area (Å²) in [7, 11) is 0. The van der Waals surface area contributed by atoms with Crippen LogP contribution >= 0.6 is 12.4 Å². The molecule has 0 heterocycles. The zero-order valence-corrected chi connectivity index (χ0v) is 13.1. The molecule has 0 saturated heterocycles. The highest BCUT2D eigenvalue weighted by Gasteiger charge is 2.15. The van der Waals surface area contributed by atoms with E-state index in [1.807, 2.05) is 37.3 Å². The molecule has 2 amide bonds. The van der Waals surface area contributed by atoms with Crippen molar-refractivity contribution >= 4 is 24.2 Å². The van der Waals surface area contributed by atoms with E-state index in [-0.39, 0.29) is 30.8 Å². The van der Waals surface area contributed by atoms with Crippen LogP contribution in [0.25, 0.3) is 0 Å². The van der Waals surface area contributed by atoms with Gasteiger partial charge in [-0.2, -0.15) is 0 Å². The summed E-state index contributed by atoms with van der Waals surface area (Å²) in [6, 6.07) is 9.68. The summed E-state index contributed by atoms with van der Waals surface area (Å²) in [5, 5.41) is 0. The number of hydrogen-bond acceptors (Lipinski definition) is 3. The molecule has 118 valence electrons. The molecule has 1 unspecified atom stereocenters. The van der Waals surface area contributed by atoms with Gasteiger partial charge in [-0.25, -0.2) is 0 Å². The normalized spacial score (nSPS) is 11.3. The topological polar surface area (TPSA) is 89.4 Å². The van der Waals surface area contributed by atoms with Crippen molar-refractivity contribution in [3.63, 3.8) is 0 Å². The molecule has 0 aliphatic rings. The maximum Gasteiger partial charge on any atom is 0.222 e. The molecule has 4 N–H and O–H groups in total. The van der Waals surface area contributed by atoms with Crippen molar-refractivity contribution in [1.29, 1.82) is 0 Å². The van der Waals surface area contributed by atoms with Crippen LogP contribution < -0.4 is 11.5 Å². The summed E-state index contributed by atoms with van der Waals surface area (Å²) in [6.45, 7) is 2.71. The first-order valence-electron chi connectivity index (χ1n) is 6.84. The SMILES string of the molecule is CC(N)CCC(=O)N(CCC(N)=O)Cc1ccccc1.Cl. The third-order valence-corrected chi connectivity index (χ3v) is 3.01. The van der Waals surface area contributed by atoms with Crippen molar-refractivity contribution < 1.29 is 9.59 Å². The van der Waals surface area contributed by atoms with Gasteiger partial charge < -0.3 is 16.4 Å². The largest absolute Gasteiger partial charge is 0.370 e. The number of benzene rings is 1. The Bertz CT molecular complexity index is 438. The van der Waals surface area contributed by atoms with E-state index in [4.69, 9.17) is 11.5 Å². The second-order valence-corrected chi connectivity index (χ2v) is 5.03. The summed E-state index contributed by atoms with van der Waals surface area (Å²) in [6.07, 6.45) is 1.21. The zero-order chi connectivity index (χ0) is 15.0. The van der Waals surface area contributed by atoms with Crippen molar-refractivity contribution in [3.8, 4) is 0 Å². The van der Waals surface area contributed by atoms with Crippen LogP contribution in [0, 0.1) is 0 Å².